The molecule has 3 nitrogen and oxygen atoms in total. The lowest BCUT2D eigenvalue weighted by Crippen LogP contribution is -2.34. The number of halogens is 1. The third kappa shape index (κ3) is 1.47. The molecule has 1 aromatic carbocycles. The fraction of sp³-hybridized carbons (Fsp3) is 0.111. The summed E-state index contributed by atoms with van der Waals surface area (Å²) in [6.07, 6.45) is 0. The Kier molecular flexibility index (Phi) is 2.39. The zero-order valence-electron chi connectivity index (χ0n) is 7.61. The van der Waals surface area contributed by atoms with E-state index in [2.05, 4.69) is 15.9 Å². The molecule has 0 bridgehead atoms. The van der Waals surface area contributed by atoms with Gasteiger partial charge < -0.3 is 14.6 Å². The third-order valence-electron chi connectivity index (χ3n) is 2.31. The van der Waals surface area contributed by atoms with Crippen molar-refractivity contribution in [1.82, 2.24) is 4.57 Å². The molecule has 2 N–H and O–H groups in total. The van der Waals surface area contributed by atoms with Gasteiger partial charge in [-0.3, -0.25) is 0 Å². The Morgan fingerprint density at radius 3 is 2.64 bits per heavy atom. The van der Waals surface area contributed by atoms with Gasteiger partial charge in [0.05, 0.1) is 0 Å². The van der Waals surface area contributed by atoms with E-state index >= 15 is 0 Å². The first-order valence-electron chi connectivity index (χ1n) is 4.20. The van der Waals surface area contributed by atoms with Crippen LogP contribution in [0.4, 0.5) is 0 Å². The molecule has 0 radical (unpaired) electrons. The highest BCUT2D eigenvalue weighted by atomic mass is 79.9. The van der Waals surface area contributed by atoms with Gasteiger partial charge in [-0.25, -0.2) is 0 Å². The topological polar surface area (TPSA) is 45.4 Å². The first-order valence-corrected chi connectivity index (χ1v) is 5.00. The zero-order chi connectivity index (χ0) is 10.3. The van der Waals surface area contributed by atoms with Gasteiger partial charge in [-0.2, -0.15) is 0 Å². The SMILES string of the molecule is Cn1c(B(O)O)cc2cc(Br)ccc21. The van der Waals surface area contributed by atoms with Crippen molar-refractivity contribution in [2.24, 2.45) is 7.05 Å². The predicted octanol–water partition coefficient (Wildman–Crippen LogP) is 0.621. The van der Waals surface area contributed by atoms with Crippen LogP contribution in [0.5, 0.6) is 0 Å². The standard InChI is InChI=1S/C9H9BBrNO2/c1-12-8-3-2-7(11)4-6(8)5-9(12)10(13)14/h2-5,13-14H,1H3. The first kappa shape index (κ1) is 9.77. The van der Waals surface area contributed by atoms with E-state index < -0.39 is 7.12 Å². The van der Waals surface area contributed by atoms with Crippen LogP contribution in [0.1, 0.15) is 0 Å². The van der Waals surface area contributed by atoms with Crippen molar-refractivity contribution in [2.45, 2.75) is 0 Å². The van der Waals surface area contributed by atoms with Crippen LogP contribution in [0.15, 0.2) is 28.7 Å². The lowest BCUT2D eigenvalue weighted by atomic mass is 9.86. The van der Waals surface area contributed by atoms with Crippen LogP contribution in [0.25, 0.3) is 10.9 Å². The quantitative estimate of drug-likeness (QED) is 0.732. The Labute approximate surface area is 90.2 Å². The van der Waals surface area contributed by atoms with Gasteiger partial charge in [0.1, 0.15) is 0 Å². The first-order chi connectivity index (χ1) is 6.59. The third-order valence-corrected chi connectivity index (χ3v) is 2.80. The number of rotatable bonds is 1. The predicted molar refractivity (Wildman–Crippen MR) is 60.4 cm³/mol. The molecule has 2 aromatic rings. The Morgan fingerprint density at radius 1 is 1.29 bits per heavy atom. The van der Waals surface area contributed by atoms with Gasteiger partial charge in [-0.05, 0) is 24.3 Å². The van der Waals surface area contributed by atoms with E-state index in [1.54, 1.807) is 10.6 Å². The summed E-state index contributed by atoms with van der Waals surface area (Å²) < 4.78 is 2.75. The van der Waals surface area contributed by atoms with E-state index in [0.29, 0.717) is 5.59 Å². The number of aryl methyl sites for hydroxylation is 1. The van der Waals surface area contributed by atoms with E-state index in [9.17, 15) is 0 Å². The van der Waals surface area contributed by atoms with Crippen LogP contribution < -0.4 is 5.59 Å². The largest absolute Gasteiger partial charge is 0.505 e. The van der Waals surface area contributed by atoms with Crippen molar-refractivity contribution in [2.75, 3.05) is 0 Å². The maximum atomic E-state index is 9.10. The molecule has 72 valence electrons. The number of benzene rings is 1. The lowest BCUT2D eigenvalue weighted by molar-refractivity contribution is 0.423. The fourth-order valence-corrected chi connectivity index (χ4v) is 1.97. The van der Waals surface area contributed by atoms with Gasteiger partial charge in [0, 0.05) is 28.0 Å². The van der Waals surface area contributed by atoms with Gasteiger partial charge in [0.15, 0.2) is 0 Å². The van der Waals surface area contributed by atoms with Gasteiger partial charge in [-0.1, -0.05) is 15.9 Å². The minimum atomic E-state index is -1.42. The van der Waals surface area contributed by atoms with Crippen molar-refractivity contribution in [1.29, 1.82) is 0 Å². The van der Waals surface area contributed by atoms with Gasteiger partial charge in [0.2, 0.25) is 0 Å². The maximum absolute atomic E-state index is 9.10. The molecular formula is C9H9BBrNO2. The van der Waals surface area contributed by atoms with E-state index in [1.807, 2.05) is 25.2 Å². The summed E-state index contributed by atoms with van der Waals surface area (Å²) in [5.41, 5.74) is 1.48. The smallest absolute Gasteiger partial charge is 0.422 e. The normalized spacial score (nSPS) is 10.9. The Bertz CT molecular complexity index is 481. The number of aromatic nitrogens is 1. The average molecular weight is 254 g/mol. The average Bonchev–Trinajstić information content (AvgIpc) is 2.43. The molecule has 2 rings (SSSR count). The highest BCUT2D eigenvalue weighted by Gasteiger charge is 2.17. The molecule has 0 fully saturated rings. The Morgan fingerprint density at radius 2 is 2.00 bits per heavy atom. The molecule has 5 heteroatoms. The summed E-state index contributed by atoms with van der Waals surface area (Å²) in [7, 11) is 0.386. The monoisotopic (exact) mass is 253 g/mol. The molecule has 0 atom stereocenters. The summed E-state index contributed by atoms with van der Waals surface area (Å²) in [5, 5.41) is 19.2. The van der Waals surface area contributed by atoms with Crippen LogP contribution >= 0.6 is 15.9 Å². The summed E-state index contributed by atoms with van der Waals surface area (Å²) in [5.74, 6) is 0. The molecule has 0 unspecified atom stereocenters. The van der Waals surface area contributed by atoms with Crippen LogP contribution in [-0.4, -0.2) is 21.7 Å². The molecule has 0 saturated carbocycles. The summed E-state index contributed by atoms with van der Waals surface area (Å²) in [4.78, 5) is 0. The second-order valence-corrected chi connectivity index (χ2v) is 4.12. The maximum Gasteiger partial charge on any atom is 0.505 e. The fourth-order valence-electron chi connectivity index (χ4n) is 1.59. The highest BCUT2D eigenvalue weighted by Crippen LogP contribution is 2.19. The van der Waals surface area contributed by atoms with Gasteiger partial charge >= 0.3 is 7.12 Å². The molecule has 0 aliphatic heterocycles. The number of nitrogens with zero attached hydrogens (tertiary/aromatic N) is 1. The van der Waals surface area contributed by atoms with Crippen molar-refractivity contribution >= 4 is 39.5 Å². The molecule has 1 aromatic heterocycles. The second-order valence-electron chi connectivity index (χ2n) is 3.21. The molecule has 0 aliphatic rings. The highest BCUT2D eigenvalue weighted by molar-refractivity contribution is 9.10. The molecule has 0 amide bonds. The van der Waals surface area contributed by atoms with Crippen LogP contribution in [0.2, 0.25) is 0 Å². The Balaban J connectivity index is 2.73. The molecule has 0 aliphatic carbocycles. The minimum absolute atomic E-state index is 0.498. The van der Waals surface area contributed by atoms with Crippen molar-refractivity contribution in [3.8, 4) is 0 Å². The van der Waals surface area contributed by atoms with E-state index in [1.165, 1.54) is 0 Å². The van der Waals surface area contributed by atoms with Crippen molar-refractivity contribution in [3.05, 3.63) is 28.7 Å². The minimum Gasteiger partial charge on any atom is -0.422 e. The van der Waals surface area contributed by atoms with E-state index in [0.717, 1.165) is 15.4 Å². The number of hydrogen-bond acceptors (Lipinski definition) is 2. The molecule has 1 heterocycles. The van der Waals surface area contributed by atoms with Crippen LogP contribution in [0.3, 0.4) is 0 Å². The van der Waals surface area contributed by atoms with E-state index in [-0.39, 0.29) is 0 Å². The number of fused-ring (bicyclic) bond motifs is 1. The molecule has 0 spiro atoms. The summed E-state index contributed by atoms with van der Waals surface area (Å²) in [6, 6.07) is 7.58. The Hall–Kier alpha value is -0.775. The molecule has 14 heavy (non-hydrogen) atoms. The van der Waals surface area contributed by atoms with Crippen LogP contribution in [-0.2, 0) is 7.05 Å². The zero-order valence-corrected chi connectivity index (χ0v) is 9.19. The van der Waals surface area contributed by atoms with Crippen molar-refractivity contribution < 1.29 is 10.0 Å². The number of hydrogen-bond donors (Lipinski definition) is 2. The second kappa shape index (κ2) is 3.42. The van der Waals surface area contributed by atoms with Gasteiger partial charge in [-0.15, -0.1) is 0 Å². The summed E-state index contributed by atoms with van der Waals surface area (Å²) in [6.45, 7) is 0. The van der Waals surface area contributed by atoms with Crippen LogP contribution in [0, 0.1) is 0 Å². The lowest BCUT2D eigenvalue weighted by Gasteiger charge is -2.01. The molecule has 0 saturated heterocycles. The van der Waals surface area contributed by atoms with Gasteiger partial charge in [0.25, 0.3) is 0 Å². The van der Waals surface area contributed by atoms with E-state index in [4.69, 9.17) is 10.0 Å². The molecular weight excluding hydrogens is 245 g/mol. The van der Waals surface area contributed by atoms with Crippen molar-refractivity contribution in [3.63, 3.8) is 0 Å². The summed E-state index contributed by atoms with van der Waals surface area (Å²) >= 11 is 3.37.